The number of alkyl halides is 5. The molecule has 0 aromatic heterocycles. The third-order valence-electron chi connectivity index (χ3n) is 4.42. The van der Waals surface area contributed by atoms with Crippen LogP contribution < -0.4 is 4.74 Å². The Bertz CT molecular complexity index is 958. The summed E-state index contributed by atoms with van der Waals surface area (Å²) in [7, 11) is -4.86. The fraction of sp³-hybridized carbons (Fsp3) is 0.400. The van der Waals surface area contributed by atoms with Crippen molar-refractivity contribution < 1.29 is 48.5 Å². The summed E-state index contributed by atoms with van der Waals surface area (Å²) in [6, 6.07) is 0.530. The van der Waals surface area contributed by atoms with Gasteiger partial charge in [0.1, 0.15) is 17.3 Å². The highest BCUT2D eigenvalue weighted by molar-refractivity contribution is 7.87. The van der Waals surface area contributed by atoms with Crippen molar-refractivity contribution in [2.24, 2.45) is 0 Å². The van der Waals surface area contributed by atoms with Crippen molar-refractivity contribution in [1.82, 2.24) is 4.90 Å². The molecule has 28 heavy (non-hydrogen) atoms. The minimum atomic E-state index is -6.07. The molecule has 0 saturated heterocycles. The van der Waals surface area contributed by atoms with Crippen molar-refractivity contribution >= 4 is 16.0 Å². The molecule has 2 bridgehead atoms. The van der Waals surface area contributed by atoms with Crippen molar-refractivity contribution in [2.75, 3.05) is 7.05 Å². The van der Waals surface area contributed by atoms with Gasteiger partial charge < -0.3 is 13.8 Å². The maximum Gasteiger partial charge on any atom is 0.534 e. The number of carbonyl (C=O) groups excluding carboxylic acids is 1. The molecule has 0 fully saturated rings. The first-order chi connectivity index (χ1) is 12.8. The van der Waals surface area contributed by atoms with Gasteiger partial charge in [0, 0.05) is 18.5 Å². The molecule has 13 heteroatoms. The number of carbonyl (C=O) groups is 1. The average Bonchev–Trinajstić information content (AvgIpc) is 2.91. The van der Waals surface area contributed by atoms with Crippen LogP contribution in [-0.2, 0) is 14.3 Å². The van der Waals surface area contributed by atoms with Gasteiger partial charge in [-0.1, -0.05) is 0 Å². The smallest absolute Gasteiger partial charge is 0.434 e. The quantitative estimate of drug-likeness (QED) is 0.416. The number of hydrogen-bond donors (Lipinski definition) is 0. The topological polar surface area (TPSA) is 72.9 Å². The van der Waals surface area contributed by atoms with Crippen LogP contribution in [0.4, 0.5) is 26.3 Å². The van der Waals surface area contributed by atoms with E-state index in [9.17, 15) is 39.6 Å². The Morgan fingerprint density at radius 2 is 1.89 bits per heavy atom. The van der Waals surface area contributed by atoms with Crippen molar-refractivity contribution in [3.05, 3.63) is 40.9 Å². The summed E-state index contributed by atoms with van der Waals surface area (Å²) in [4.78, 5) is 13.5. The highest BCUT2D eigenvalue weighted by atomic mass is 32.2. The van der Waals surface area contributed by atoms with E-state index in [0.717, 1.165) is 17.0 Å². The fourth-order valence-electron chi connectivity index (χ4n) is 3.18. The molecule has 1 aliphatic carbocycles. The second kappa shape index (κ2) is 6.57. The monoisotopic (exact) mass is 431 g/mol. The van der Waals surface area contributed by atoms with Gasteiger partial charge in [0.15, 0.2) is 0 Å². The van der Waals surface area contributed by atoms with Gasteiger partial charge in [-0.05, 0) is 24.6 Å². The molecule has 2 atom stereocenters. The van der Waals surface area contributed by atoms with Gasteiger partial charge in [-0.15, -0.1) is 0 Å². The molecule has 0 N–H and O–H groups in total. The van der Waals surface area contributed by atoms with Crippen LogP contribution in [0.15, 0.2) is 24.0 Å². The lowest BCUT2D eigenvalue weighted by molar-refractivity contribution is -0.0525. The van der Waals surface area contributed by atoms with Crippen molar-refractivity contribution in [3.63, 3.8) is 0 Å². The number of fused-ring (bicyclic) bond motifs is 4. The summed E-state index contributed by atoms with van der Waals surface area (Å²) < 4.78 is 109. The first-order valence-corrected chi connectivity index (χ1v) is 9.01. The largest absolute Gasteiger partial charge is 0.534 e. The second-order valence-corrected chi connectivity index (χ2v) is 7.57. The molecule has 1 aromatic carbocycles. The molecule has 3 rings (SSSR count). The zero-order chi connectivity index (χ0) is 21.0. The maximum absolute atomic E-state index is 14.3. The third-order valence-corrected chi connectivity index (χ3v) is 5.40. The Kier molecular flexibility index (Phi) is 4.76. The number of likely N-dealkylation sites (N-methyl/N-ethyl adjacent to an activating group) is 1. The van der Waals surface area contributed by atoms with Crippen LogP contribution in [0, 0.1) is 5.82 Å². The average molecular weight is 431 g/mol. The van der Waals surface area contributed by atoms with Gasteiger partial charge in [0.05, 0.1) is 11.6 Å². The van der Waals surface area contributed by atoms with Gasteiger partial charge in [-0.3, -0.25) is 4.79 Å². The molecule has 0 spiro atoms. The van der Waals surface area contributed by atoms with Crippen LogP contribution >= 0.6 is 0 Å². The molecule has 2 unspecified atom stereocenters. The molecule has 1 amide bonds. The summed E-state index contributed by atoms with van der Waals surface area (Å²) in [5, 5.41) is 0. The van der Waals surface area contributed by atoms with Crippen LogP contribution in [-0.4, -0.2) is 44.4 Å². The predicted octanol–water partition coefficient (Wildman–Crippen LogP) is 3.12. The number of nitrogens with zero attached hydrogens (tertiary/aromatic N) is 1. The Morgan fingerprint density at radius 3 is 2.46 bits per heavy atom. The van der Waals surface area contributed by atoms with Crippen LogP contribution in [0.3, 0.4) is 0 Å². The Morgan fingerprint density at radius 1 is 1.25 bits per heavy atom. The van der Waals surface area contributed by atoms with Crippen LogP contribution in [0.2, 0.25) is 0 Å². The van der Waals surface area contributed by atoms with E-state index in [1.165, 1.54) is 7.05 Å². The summed E-state index contributed by atoms with van der Waals surface area (Å²) in [6.45, 7) is -3.38. The van der Waals surface area contributed by atoms with E-state index in [1.807, 2.05) is 0 Å². The van der Waals surface area contributed by atoms with E-state index >= 15 is 0 Å². The zero-order valence-corrected chi connectivity index (χ0v) is 14.7. The van der Waals surface area contributed by atoms with E-state index in [2.05, 4.69) is 8.92 Å². The SMILES string of the molecule is CN1C(=O)c2c(F)ccc(OC(F)F)c2C2CC1C=C2OS(=O)(=O)C(F)(F)F. The summed E-state index contributed by atoms with van der Waals surface area (Å²) in [6.07, 6.45) is 0.743. The molecule has 2 aliphatic rings. The normalized spacial score (nSPS) is 22.1. The number of allylic oxidation sites excluding steroid dienone is 1. The zero-order valence-electron chi connectivity index (χ0n) is 13.8. The molecular weight excluding hydrogens is 420 g/mol. The summed E-state index contributed by atoms with van der Waals surface area (Å²) in [5.41, 5.74) is -6.94. The lowest BCUT2D eigenvalue weighted by atomic mass is 9.91. The van der Waals surface area contributed by atoms with Gasteiger partial charge in [0.2, 0.25) is 0 Å². The maximum atomic E-state index is 14.3. The van der Waals surface area contributed by atoms with Gasteiger partial charge in [-0.25, -0.2) is 4.39 Å². The van der Waals surface area contributed by atoms with Crippen molar-refractivity contribution in [2.45, 2.75) is 30.5 Å². The Labute approximate surface area is 154 Å². The van der Waals surface area contributed by atoms with Gasteiger partial charge >= 0.3 is 22.2 Å². The lowest BCUT2D eigenvalue weighted by Gasteiger charge is -2.23. The van der Waals surface area contributed by atoms with Crippen molar-refractivity contribution in [1.29, 1.82) is 0 Å². The molecule has 154 valence electrons. The Balaban J connectivity index is 2.17. The number of halogens is 6. The standard InChI is InChI=1S/C15H11F6NO5S/c1-22-6-4-7(10(5-6)27-28(24,25)15(19,20)21)11-9(26-14(17)18)3-2-8(16)12(11)13(22)23/h2-3,5-7,14H,4H2,1H3. The molecule has 1 heterocycles. The van der Waals surface area contributed by atoms with Gasteiger partial charge in [0.25, 0.3) is 5.91 Å². The highest BCUT2D eigenvalue weighted by Crippen LogP contribution is 2.48. The Hall–Kier alpha value is -2.44. The van der Waals surface area contributed by atoms with Gasteiger partial charge in [-0.2, -0.15) is 30.4 Å². The minimum absolute atomic E-state index is 0.207. The second-order valence-electron chi connectivity index (χ2n) is 6.04. The van der Waals surface area contributed by atoms with E-state index in [1.54, 1.807) is 0 Å². The number of benzene rings is 1. The van der Waals surface area contributed by atoms with E-state index in [0.29, 0.717) is 6.07 Å². The number of ether oxygens (including phenoxy) is 1. The number of hydrogen-bond acceptors (Lipinski definition) is 5. The van der Waals surface area contributed by atoms with Crippen LogP contribution in [0.1, 0.15) is 28.3 Å². The first-order valence-electron chi connectivity index (χ1n) is 7.60. The van der Waals surface area contributed by atoms with Crippen LogP contribution in [0.5, 0.6) is 5.75 Å². The lowest BCUT2D eigenvalue weighted by Crippen LogP contribution is -2.34. The summed E-state index contributed by atoms with van der Waals surface area (Å²) in [5.74, 6) is -4.89. The van der Waals surface area contributed by atoms with Crippen molar-refractivity contribution in [3.8, 4) is 5.75 Å². The number of rotatable bonds is 4. The predicted molar refractivity (Wildman–Crippen MR) is 80.4 cm³/mol. The summed E-state index contributed by atoms with van der Waals surface area (Å²) >= 11 is 0. The third kappa shape index (κ3) is 3.27. The minimum Gasteiger partial charge on any atom is -0.434 e. The molecule has 0 saturated carbocycles. The molecular formula is C15H11F6NO5S. The van der Waals surface area contributed by atoms with E-state index in [4.69, 9.17) is 0 Å². The molecule has 6 nitrogen and oxygen atoms in total. The first kappa shape index (κ1) is 20.3. The highest BCUT2D eigenvalue weighted by Gasteiger charge is 2.51. The van der Waals surface area contributed by atoms with E-state index in [-0.39, 0.29) is 6.42 Å². The van der Waals surface area contributed by atoms with E-state index < -0.39 is 68.6 Å². The molecule has 1 aliphatic heterocycles. The number of amides is 1. The van der Waals surface area contributed by atoms with Crippen LogP contribution in [0.25, 0.3) is 0 Å². The molecule has 1 aromatic rings. The fourth-order valence-corrected chi connectivity index (χ4v) is 3.70. The molecule has 0 radical (unpaired) electrons.